The molecule has 1 aromatic heterocycles. The van der Waals surface area contributed by atoms with E-state index < -0.39 is 0 Å². The van der Waals surface area contributed by atoms with E-state index in [4.69, 9.17) is 4.74 Å². The highest BCUT2D eigenvalue weighted by Crippen LogP contribution is 2.50. The largest absolute Gasteiger partial charge is 0.490 e. The van der Waals surface area contributed by atoms with Crippen molar-refractivity contribution in [1.82, 2.24) is 10.3 Å². The summed E-state index contributed by atoms with van der Waals surface area (Å²) in [4.78, 5) is 16.3. The Morgan fingerprint density at radius 1 is 1.42 bits per heavy atom. The molecule has 24 heavy (non-hydrogen) atoms. The fraction of sp³-hybridized carbons (Fsp3) is 0.684. The highest BCUT2D eigenvalue weighted by atomic mass is 32.2. The minimum Gasteiger partial charge on any atom is -0.490 e. The number of carbonyl (C=O) groups excluding carboxylic acids is 1. The van der Waals surface area contributed by atoms with Gasteiger partial charge >= 0.3 is 0 Å². The van der Waals surface area contributed by atoms with Gasteiger partial charge in [0.2, 0.25) is 0 Å². The minimum atomic E-state index is -0.238. The molecule has 0 aromatic carbocycles. The highest BCUT2D eigenvalue weighted by molar-refractivity contribution is 8.13. The molecule has 0 bridgehead atoms. The molecule has 3 atom stereocenters. The van der Waals surface area contributed by atoms with E-state index in [1.165, 1.54) is 30.2 Å². The van der Waals surface area contributed by atoms with Gasteiger partial charge in [-0.15, -0.1) is 0 Å². The average Bonchev–Trinajstić information content (AvgIpc) is 3.24. The Bertz CT molecular complexity index is 581. The van der Waals surface area contributed by atoms with Crippen LogP contribution >= 0.6 is 11.8 Å². The number of nitrogens with one attached hydrogen (secondary N) is 1. The van der Waals surface area contributed by atoms with Gasteiger partial charge in [-0.05, 0) is 49.3 Å². The van der Waals surface area contributed by atoms with Gasteiger partial charge in [0.25, 0.3) is 0 Å². The molecule has 1 aromatic rings. The van der Waals surface area contributed by atoms with Crippen LogP contribution in [0.2, 0.25) is 0 Å². The molecule has 1 saturated carbocycles. The molecule has 132 valence electrons. The van der Waals surface area contributed by atoms with Gasteiger partial charge in [0.05, 0.1) is 6.20 Å². The number of rotatable bonds is 7. The van der Waals surface area contributed by atoms with Crippen LogP contribution in [0.1, 0.15) is 51.5 Å². The number of ether oxygens (including phenoxy) is 1. The second-order valence-corrected chi connectivity index (χ2v) is 9.05. The zero-order valence-electron chi connectivity index (χ0n) is 14.9. The van der Waals surface area contributed by atoms with Crippen molar-refractivity contribution in [2.24, 2.45) is 11.3 Å². The second-order valence-electron chi connectivity index (χ2n) is 7.98. The summed E-state index contributed by atoms with van der Waals surface area (Å²) >= 11 is 1.49. The number of nitrogens with zero attached hydrogens (tertiary/aromatic N) is 1. The van der Waals surface area contributed by atoms with Crippen LogP contribution in [-0.2, 0) is 4.79 Å². The quantitative estimate of drug-likeness (QED) is 0.815. The van der Waals surface area contributed by atoms with E-state index in [0.717, 1.165) is 31.1 Å². The molecule has 1 N–H and O–H groups in total. The van der Waals surface area contributed by atoms with E-state index in [-0.39, 0.29) is 5.41 Å². The molecular weight excluding hydrogens is 320 g/mol. The first-order chi connectivity index (χ1) is 11.4. The molecule has 0 amide bonds. The van der Waals surface area contributed by atoms with Gasteiger partial charge in [-0.2, -0.15) is 0 Å². The van der Waals surface area contributed by atoms with Crippen LogP contribution in [-0.4, -0.2) is 35.0 Å². The van der Waals surface area contributed by atoms with Crippen molar-refractivity contribution >= 4 is 16.9 Å². The molecule has 4 nitrogen and oxygen atoms in total. The summed E-state index contributed by atoms with van der Waals surface area (Å²) < 4.78 is 5.84. The number of hydrogen-bond acceptors (Lipinski definition) is 5. The standard InChI is InChI=1S/C19H28N2O2S/c1-19(2,3)18(22)24-7-5-13-9-17(13)14-8-16(11-20-10-14)23-12-15-4-6-21-15/h8,10-11,13,15,17,21H,4-7,9,12H2,1-3H3/t13-,15-,17-/m0/s1. The number of hydrogen-bond donors (Lipinski definition) is 1. The Balaban J connectivity index is 1.42. The number of aromatic nitrogens is 1. The molecule has 2 aliphatic rings. The summed E-state index contributed by atoms with van der Waals surface area (Å²) in [5.74, 6) is 3.08. The highest BCUT2D eigenvalue weighted by Gasteiger charge is 2.38. The normalized spacial score (nSPS) is 25.9. The van der Waals surface area contributed by atoms with Crippen molar-refractivity contribution in [2.45, 2.75) is 52.0 Å². The molecule has 1 aliphatic carbocycles. The Hall–Kier alpha value is -1.07. The molecule has 3 rings (SSSR count). The summed E-state index contributed by atoms with van der Waals surface area (Å²) in [7, 11) is 0. The minimum absolute atomic E-state index is 0.238. The van der Waals surface area contributed by atoms with Gasteiger partial charge < -0.3 is 10.1 Å². The molecule has 0 spiro atoms. The van der Waals surface area contributed by atoms with Crippen LogP contribution in [0.3, 0.4) is 0 Å². The number of thioether (sulfide) groups is 1. The van der Waals surface area contributed by atoms with Crippen LogP contribution in [0.5, 0.6) is 5.75 Å². The van der Waals surface area contributed by atoms with E-state index in [1.807, 2.05) is 27.0 Å². The molecule has 5 heteroatoms. The Morgan fingerprint density at radius 2 is 2.21 bits per heavy atom. The lowest BCUT2D eigenvalue weighted by atomic mass is 10.00. The summed E-state index contributed by atoms with van der Waals surface area (Å²) in [6, 6.07) is 2.64. The van der Waals surface area contributed by atoms with E-state index in [2.05, 4.69) is 16.4 Å². The third kappa shape index (κ3) is 4.73. The lowest BCUT2D eigenvalue weighted by molar-refractivity contribution is -0.117. The van der Waals surface area contributed by atoms with Gasteiger partial charge in [0, 0.05) is 23.4 Å². The van der Waals surface area contributed by atoms with Crippen LogP contribution in [0.15, 0.2) is 18.5 Å². The van der Waals surface area contributed by atoms with Crippen molar-refractivity contribution in [3.8, 4) is 5.75 Å². The summed E-state index contributed by atoms with van der Waals surface area (Å²) in [6.45, 7) is 7.78. The van der Waals surface area contributed by atoms with Crippen molar-refractivity contribution < 1.29 is 9.53 Å². The van der Waals surface area contributed by atoms with Crippen LogP contribution < -0.4 is 10.1 Å². The third-order valence-corrected chi connectivity index (χ3v) is 6.11. The van der Waals surface area contributed by atoms with Gasteiger partial charge in [0.15, 0.2) is 5.12 Å². The Kier molecular flexibility index (Phi) is 5.50. The van der Waals surface area contributed by atoms with Crippen LogP contribution in [0.4, 0.5) is 0 Å². The van der Waals surface area contributed by atoms with E-state index in [1.54, 1.807) is 6.20 Å². The first-order valence-electron chi connectivity index (χ1n) is 8.92. The Morgan fingerprint density at radius 3 is 2.88 bits per heavy atom. The summed E-state index contributed by atoms with van der Waals surface area (Å²) in [5, 5.41) is 3.63. The monoisotopic (exact) mass is 348 g/mol. The molecule has 2 heterocycles. The Labute approximate surface area is 149 Å². The third-order valence-electron chi connectivity index (χ3n) is 4.80. The van der Waals surface area contributed by atoms with Crippen LogP contribution in [0, 0.1) is 11.3 Å². The van der Waals surface area contributed by atoms with Gasteiger partial charge in [0.1, 0.15) is 12.4 Å². The summed E-state index contributed by atoms with van der Waals surface area (Å²) in [5.41, 5.74) is 1.05. The maximum atomic E-state index is 12.0. The van der Waals surface area contributed by atoms with Crippen molar-refractivity contribution in [1.29, 1.82) is 0 Å². The molecule has 2 fully saturated rings. The topological polar surface area (TPSA) is 51.2 Å². The molecule has 0 radical (unpaired) electrons. The van der Waals surface area contributed by atoms with Crippen molar-refractivity contribution in [3.63, 3.8) is 0 Å². The maximum Gasteiger partial charge on any atom is 0.194 e. The number of pyridine rings is 1. The maximum absolute atomic E-state index is 12.0. The van der Waals surface area contributed by atoms with Crippen LogP contribution in [0.25, 0.3) is 0 Å². The van der Waals surface area contributed by atoms with E-state index >= 15 is 0 Å². The first-order valence-corrected chi connectivity index (χ1v) is 9.90. The zero-order valence-corrected chi connectivity index (χ0v) is 15.7. The fourth-order valence-electron chi connectivity index (χ4n) is 2.90. The average molecular weight is 349 g/mol. The second kappa shape index (κ2) is 7.44. The van der Waals surface area contributed by atoms with Gasteiger partial charge in [-0.25, -0.2) is 0 Å². The van der Waals surface area contributed by atoms with Gasteiger partial charge in [-0.3, -0.25) is 9.78 Å². The lowest BCUT2D eigenvalue weighted by Gasteiger charge is -2.27. The lowest BCUT2D eigenvalue weighted by Crippen LogP contribution is -2.46. The molecular formula is C19H28N2O2S. The predicted octanol–water partition coefficient (Wildman–Crippen LogP) is 3.62. The first kappa shape index (κ1) is 17.7. The van der Waals surface area contributed by atoms with Crippen molar-refractivity contribution in [2.75, 3.05) is 18.9 Å². The molecule has 1 aliphatic heterocycles. The summed E-state index contributed by atoms with van der Waals surface area (Å²) in [6.07, 6.45) is 7.28. The van der Waals surface area contributed by atoms with Gasteiger partial charge in [-0.1, -0.05) is 32.5 Å². The molecule has 1 saturated heterocycles. The van der Waals surface area contributed by atoms with E-state index in [9.17, 15) is 4.79 Å². The zero-order chi connectivity index (χ0) is 17.2. The SMILES string of the molecule is CC(C)(C)C(=O)SCC[C@H]1C[C@@H]1c1cncc(OC[C@@H]2CCN2)c1. The molecule has 0 unspecified atom stereocenters. The fourth-order valence-corrected chi connectivity index (χ4v) is 3.94. The smallest absolute Gasteiger partial charge is 0.194 e. The number of carbonyl (C=O) groups is 1. The van der Waals surface area contributed by atoms with E-state index in [0.29, 0.717) is 23.0 Å². The predicted molar refractivity (Wildman–Crippen MR) is 98.5 cm³/mol. The van der Waals surface area contributed by atoms with Crippen molar-refractivity contribution in [3.05, 3.63) is 24.0 Å².